The Morgan fingerprint density at radius 3 is 2.76 bits per heavy atom. The zero-order chi connectivity index (χ0) is 12.4. The predicted molar refractivity (Wildman–Crippen MR) is 69.2 cm³/mol. The molecule has 0 aliphatic rings. The van der Waals surface area contributed by atoms with Gasteiger partial charge in [-0.1, -0.05) is 17.7 Å². The van der Waals surface area contributed by atoms with Crippen LogP contribution in [0, 0.1) is 12.7 Å². The second-order valence-corrected chi connectivity index (χ2v) is 5.18. The lowest BCUT2D eigenvalue weighted by Crippen LogP contribution is -2.19. The first kappa shape index (κ1) is 12.5. The first-order valence-electron chi connectivity index (χ1n) is 5.16. The largest absolute Gasteiger partial charge is 0.308 e. The van der Waals surface area contributed by atoms with Crippen LogP contribution < -0.4 is 5.32 Å². The van der Waals surface area contributed by atoms with Crippen LogP contribution in [0.1, 0.15) is 22.3 Å². The van der Waals surface area contributed by atoms with Crippen LogP contribution in [0.15, 0.2) is 23.6 Å². The van der Waals surface area contributed by atoms with E-state index in [2.05, 4.69) is 10.3 Å². The molecule has 2 nitrogen and oxygen atoms in total. The third-order valence-electron chi connectivity index (χ3n) is 2.49. The van der Waals surface area contributed by atoms with Gasteiger partial charge in [0.1, 0.15) is 5.82 Å². The molecule has 2 rings (SSSR count). The second-order valence-electron chi connectivity index (χ2n) is 3.68. The lowest BCUT2D eigenvalue weighted by Gasteiger charge is -2.15. The number of thiazole rings is 1. The third kappa shape index (κ3) is 2.65. The summed E-state index contributed by atoms with van der Waals surface area (Å²) in [6.07, 6.45) is 0. The van der Waals surface area contributed by atoms with Gasteiger partial charge in [-0.15, -0.1) is 11.3 Å². The van der Waals surface area contributed by atoms with Crippen molar-refractivity contribution in [3.63, 3.8) is 0 Å². The van der Waals surface area contributed by atoms with Gasteiger partial charge in [0, 0.05) is 16.0 Å². The highest BCUT2D eigenvalue weighted by Gasteiger charge is 2.18. The molecule has 0 aliphatic heterocycles. The molecule has 0 aliphatic carbocycles. The molecule has 1 aromatic heterocycles. The Bertz CT molecular complexity index is 527. The van der Waals surface area contributed by atoms with Gasteiger partial charge < -0.3 is 5.32 Å². The summed E-state index contributed by atoms with van der Waals surface area (Å²) in [5.41, 5.74) is 1.39. The van der Waals surface area contributed by atoms with Crippen molar-refractivity contribution < 1.29 is 4.39 Å². The summed E-state index contributed by atoms with van der Waals surface area (Å²) in [6.45, 7) is 1.93. The summed E-state index contributed by atoms with van der Waals surface area (Å²) in [5, 5.41) is 6.37. The molecular formula is C12H12ClFN2S. The van der Waals surface area contributed by atoms with Gasteiger partial charge in [0.05, 0.1) is 16.7 Å². The number of nitrogens with zero attached hydrogens (tertiary/aromatic N) is 1. The number of hydrogen-bond acceptors (Lipinski definition) is 3. The number of aromatic nitrogens is 1. The Kier molecular flexibility index (Phi) is 3.76. The van der Waals surface area contributed by atoms with Crippen molar-refractivity contribution >= 4 is 22.9 Å². The average molecular weight is 271 g/mol. The van der Waals surface area contributed by atoms with E-state index in [9.17, 15) is 4.39 Å². The fourth-order valence-electron chi connectivity index (χ4n) is 1.71. The SMILES string of the molecule is CNC(c1csc(C)n1)c1ccc(Cl)cc1F. The summed E-state index contributed by atoms with van der Waals surface area (Å²) >= 11 is 7.29. The second kappa shape index (κ2) is 5.12. The molecule has 0 saturated heterocycles. The van der Waals surface area contributed by atoms with Crippen molar-refractivity contribution in [1.29, 1.82) is 0 Å². The Morgan fingerprint density at radius 2 is 2.24 bits per heavy atom. The van der Waals surface area contributed by atoms with Crippen molar-refractivity contribution in [2.45, 2.75) is 13.0 Å². The van der Waals surface area contributed by atoms with Crippen LogP contribution in [0.3, 0.4) is 0 Å². The van der Waals surface area contributed by atoms with Crippen LogP contribution in [-0.4, -0.2) is 12.0 Å². The van der Waals surface area contributed by atoms with Crippen LogP contribution in [-0.2, 0) is 0 Å². The highest BCUT2D eigenvalue weighted by molar-refractivity contribution is 7.09. The Labute approximate surface area is 108 Å². The quantitative estimate of drug-likeness (QED) is 0.923. The molecule has 0 amide bonds. The van der Waals surface area contributed by atoms with Gasteiger partial charge in [0.15, 0.2) is 0 Å². The van der Waals surface area contributed by atoms with E-state index >= 15 is 0 Å². The van der Waals surface area contributed by atoms with Crippen LogP contribution in [0.2, 0.25) is 5.02 Å². The molecule has 0 bridgehead atoms. The van der Waals surface area contributed by atoms with Gasteiger partial charge in [0.25, 0.3) is 0 Å². The van der Waals surface area contributed by atoms with Gasteiger partial charge >= 0.3 is 0 Å². The molecule has 90 valence electrons. The molecule has 0 saturated carbocycles. The minimum atomic E-state index is -0.317. The first-order chi connectivity index (χ1) is 8.11. The van der Waals surface area contributed by atoms with Crippen molar-refractivity contribution in [1.82, 2.24) is 10.3 Å². The monoisotopic (exact) mass is 270 g/mol. The molecule has 2 aromatic rings. The molecular weight excluding hydrogens is 259 g/mol. The fraction of sp³-hybridized carbons (Fsp3) is 0.250. The van der Waals surface area contributed by atoms with E-state index in [1.165, 1.54) is 6.07 Å². The minimum Gasteiger partial charge on any atom is -0.308 e. The van der Waals surface area contributed by atoms with E-state index in [-0.39, 0.29) is 11.9 Å². The molecule has 17 heavy (non-hydrogen) atoms. The summed E-state index contributed by atoms with van der Waals surface area (Å²) in [4.78, 5) is 4.38. The van der Waals surface area contributed by atoms with Crippen LogP contribution in [0.25, 0.3) is 0 Å². The van der Waals surface area contributed by atoms with Crippen LogP contribution in [0.4, 0.5) is 4.39 Å². The van der Waals surface area contributed by atoms with Gasteiger partial charge in [-0.25, -0.2) is 9.37 Å². The molecule has 1 heterocycles. The highest BCUT2D eigenvalue weighted by atomic mass is 35.5. The van der Waals surface area contributed by atoms with E-state index in [1.807, 2.05) is 12.3 Å². The van der Waals surface area contributed by atoms with Crippen LogP contribution in [0.5, 0.6) is 0 Å². The van der Waals surface area contributed by atoms with Crippen molar-refractivity contribution in [2.24, 2.45) is 0 Å². The lowest BCUT2D eigenvalue weighted by molar-refractivity contribution is 0.571. The Balaban J connectivity index is 2.42. The van der Waals surface area contributed by atoms with Crippen molar-refractivity contribution in [3.8, 4) is 0 Å². The minimum absolute atomic E-state index is 0.239. The van der Waals surface area contributed by atoms with E-state index in [0.717, 1.165) is 10.7 Å². The molecule has 1 N–H and O–H groups in total. The number of rotatable bonds is 3. The Hall–Kier alpha value is -0.970. The number of nitrogens with one attached hydrogen (secondary N) is 1. The topological polar surface area (TPSA) is 24.9 Å². The highest BCUT2D eigenvalue weighted by Crippen LogP contribution is 2.26. The molecule has 1 aromatic carbocycles. The zero-order valence-electron chi connectivity index (χ0n) is 9.50. The van der Waals surface area contributed by atoms with E-state index in [1.54, 1.807) is 30.5 Å². The molecule has 1 atom stereocenters. The van der Waals surface area contributed by atoms with Gasteiger partial charge in [-0.3, -0.25) is 0 Å². The maximum absolute atomic E-state index is 13.8. The van der Waals surface area contributed by atoms with Crippen molar-refractivity contribution in [3.05, 3.63) is 50.7 Å². The third-order valence-corrected chi connectivity index (χ3v) is 3.52. The van der Waals surface area contributed by atoms with Crippen molar-refractivity contribution in [2.75, 3.05) is 7.05 Å². The molecule has 0 fully saturated rings. The predicted octanol–water partition coefficient (Wildman–Crippen LogP) is 3.55. The molecule has 0 radical (unpaired) electrons. The number of hydrogen-bond donors (Lipinski definition) is 1. The lowest BCUT2D eigenvalue weighted by atomic mass is 10.0. The number of aryl methyl sites for hydroxylation is 1. The summed E-state index contributed by atoms with van der Waals surface area (Å²) in [5.74, 6) is -0.317. The summed E-state index contributed by atoms with van der Waals surface area (Å²) in [6, 6.07) is 4.45. The fourth-order valence-corrected chi connectivity index (χ4v) is 2.51. The summed E-state index contributed by atoms with van der Waals surface area (Å²) in [7, 11) is 1.79. The maximum atomic E-state index is 13.8. The Morgan fingerprint density at radius 1 is 1.47 bits per heavy atom. The number of benzene rings is 1. The average Bonchev–Trinajstić information content (AvgIpc) is 2.69. The summed E-state index contributed by atoms with van der Waals surface area (Å²) < 4.78 is 13.8. The van der Waals surface area contributed by atoms with E-state index < -0.39 is 0 Å². The molecule has 0 spiro atoms. The van der Waals surface area contributed by atoms with E-state index in [4.69, 9.17) is 11.6 Å². The first-order valence-corrected chi connectivity index (χ1v) is 6.42. The van der Waals surface area contributed by atoms with Crippen LogP contribution >= 0.6 is 22.9 Å². The van der Waals surface area contributed by atoms with E-state index in [0.29, 0.717) is 10.6 Å². The molecule has 5 heteroatoms. The van der Waals surface area contributed by atoms with Gasteiger partial charge in [0.2, 0.25) is 0 Å². The van der Waals surface area contributed by atoms with Gasteiger partial charge in [-0.2, -0.15) is 0 Å². The number of halogens is 2. The zero-order valence-corrected chi connectivity index (χ0v) is 11.1. The normalized spacial score (nSPS) is 12.7. The molecule has 1 unspecified atom stereocenters. The standard InChI is InChI=1S/C12H12ClFN2S/c1-7-16-11(6-17-7)12(15-2)9-4-3-8(13)5-10(9)14/h3-6,12,15H,1-2H3. The smallest absolute Gasteiger partial charge is 0.129 e. The van der Waals surface area contributed by atoms with Gasteiger partial charge in [-0.05, 0) is 26.1 Å². The maximum Gasteiger partial charge on any atom is 0.129 e.